The molecule has 0 aromatic heterocycles. The quantitative estimate of drug-likeness (QED) is 0.344. The average molecular weight is 158 g/mol. The first-order valence-electron chi connectivity index (χ1n) is 3.53. The van der Waals surface area contributed by atoms with Crippen LogP contribution in [-0.4, -0.2) is 18.4 Å². The number of hydrogen-bond acceptors (Lipinski definition) is 3. The van der Waals surface area contributed by atoms with Crippen molar-refractivity contribution in [1.82, 2.24) is 0 Å². The molecule has 11 heavy (non-hydrogen) atoms. The second-order valence-corrected chi connectivity index (χ2v) is 3.56. The van der Waals surface area contributed by atoms with E-state index in [9.17, 15) is 9.59 Å². The molecule has 0 aromatic rings. The second kappa shape index (κ2) is 3.51. The molecule has 0 aromatic carbocycles. The van der Waals surface area contributed by atoms with Gasteiger partial charge in [-0.1, -0.05) is 20.8 Å². The molecular formula is C8H14O3. The van der Waals surface area contributed by atoms with Crippen molar-refractivity contribution < 1.29 is 14.3 Å². The van der Waals surface area contributed by atoms with Crippen LogP contribution in [0.5, 0.6) is 0 Å². The maximum Gasteiger partial charge on any atom is 0.371 e. The fraction of sp³-hybridized carbons (Fsp3) is 0.750. The molecule has 0 fully saturated rings. The zero-order valence-electron chi connectivity index (χ0n) is 7.38. The second-order valence-electron chi connectivity index (χ2n) is 3.56. The SMILES string of the molecule is C[C@@H](OC(=O)C=O)C(C)(C)C. The van der Waals surface area contributed by atoms with Gasteiger partial charge in [0.05, 0.1) is 0 Å². The van der Waals surface area contributed by atoms with Crippen LogP contribution in [0.1, 0.15) is 27.7 Å². The number of aldehydes is 1. The van der Waals surface area contributed by atoms with Crippen molar-refractivity contribution in [3.63, 3.8) is 0 Å². The molecule has 0 aliphatic heterocycles. The lowest BCUT2D eigenvalue weighted by molar-refractivity contribution is -0.156. The van der Waals surface area contributed by atoms with Crippen molar-refractivity contribution in [1.29, 1.82) is 0 Å². The summed E-state index contributed by atoms with van der Waals surface area (Å²) in [6.45, 7) is 7.59. The predicted molar refractivity (Wildman–Crippen MR) is 41.1 cm³/mol. The van der Waals surface area contributed by atoms with Gasteiger partial charge in [0, 0.05) is 0 Å². The highest BCUT2D eigenvalue weighted by Crippen LogP contribution is 2.21. The number of rotatable bonds is 2. The van der Waals surface area contributed by atoms with Crippen molar-refractivity contribution >= 4 is 12.3 Å². The molecule has 3 nitrogen and oxygen atoms in total. The molecule has 0 aliphatic rings. The summed E-state index contributed by atoms with van der Waals surface area (Å²) < 4.78 is 4.76. The average Bonchev–Trinajstić information content (AvgIpc) is 1.85. The molecule has 0 bridgehead atoms. The van der Waals surface area contributed by atoms with Crippen LogP contribution in [0.25, 0.3) is 0 Å². The normalized spacial score (nSPS) is 13.8. The molecule has 0 amide bonds. The summed E-state index contributed by atoms with van der Waals surface area (Å²) in [5, 5.41) is 0. The highest BCUT2D eigenvalue weighted by atomic mass is 16.5. The van der Waals surface area contributed by atoms with Crippen LogP contribution in [0.2, 0.25) is 0 Å². The third kappa shape index (κ3) is 3.75. The summed E-state index contributed by atoms with van der Waals surface area (Å²) in [5.74, 6) is -0.799. The Labute approximate surface area is 66.7 Å². The first kappa shape index (κ1) is 10.1. The van der Waals surface area contributed by atoms with Crippen LogP contribution in [0.15, 0.2) is 0 Å². The standard InChI is InChI=1S/C8H14O3/c1-6(8(2,3)4)11-7(10)5-9/h5-6H,1-4H3/t6-/m1/s1. The minimum Gasteiger partial charge on any atom is -0.457 e. The van der Waals surface area contributed by atoms with Crippen LogP contribution in [-0.2, 0) is 14.3 Å². The van der Waals surface area contributed by atoms with Crippen molar-refractivity contribution in [2.75, 3.05) is 0 Å². The van der Waals surface area contributed by atoms with Crippen molar-refractivity contribution in [3.8, 4) is 0 Å². The zero-order chi connectivity index (χ0) is 9.07. The molecule has 0 unspecified atom stereocenters. The Morgan fingerprint density at radius 1 is 1.45 bits per heavy atom. The third-order valence-corrected chi connectivity index (χ3v) is 1.61. The lowest BCUT2D eigenvalue weighted by Gasteiger charge is -2.25. The van der Waals surface area contributed by atoms with Crippen molar-refractivity contribution in [2.45, 2.75) is 33.8 Å². The summed E-state index contributed by atoms with van der Waals surface area (Å²) in [7, 11) is 0. The van der Waals surface area contributed by atoms with Gasteiger partial charge in [0.1, 0.15) is 6.10 Å². The number of carbonyl (C=O) groups excluding carboxylic acids is 2. The minimum absolute atomic E-state index is 0.112. The molecule has 0 heterocycles. The third-order valence-electron chi connectivity index (χ3n) is 1.61. The molecule has 0 radical (unpaired) electrons. The van der Waals surface area contributed by atoms with E-state index in [0.29, 0.717) is 0 Å². The predicted octanol–water partition coefficient (Wildman–Crippen LogP) is 1.16. The first-order chi connectivity index (χ1) is 4.88. The molecule has 64 valence electrons. The van der Waals surface area contributed by atoms with Gasteiger partial charge in [-0.25, -0.2) is 4.79 Å². The lowest BCUT2D eigenvalue weighted by Crippen LogP contribution is -2.28. The summed E-state index contributed by atoms with van der Waals surface area (Å²) in [5.41, 5.74) is -0.112. The van der Waals surface area contributed by atoms with Gasteiger partial charge in [0.25, 0.3) is 0 Å². The van der Waals surface area contributed by atoms with E-state index < -0.39 is 5.97 Å². The van der Waals surface area contributed by atoms with Gasteiger partial charge in [-0.15, -0.1) is 0 Å². The highest BCUT2D eigenvalue weighted by molar-refractivity contribution is 6.20. The van der Waals surface area contributed by atoms with E-state index in [-0.39, 0.29) is 17.8 Å². The Bertz CT molecular complexity index is 155. The zero-order valence-corrected chi connectivity index (χ0v) is 7.38. The topological polar surface area (TPSA) is 43.4 Å². The van der Waals surface area contributed by atoms with Gasteiger partial charge < -0.3 is 4.74 Å². The Morgan fingerprint density at radius 3 is 2.18 bits per heavy atom. The van der Waals surface area contributed by atoms with Crippen LogP contribution >= 0.6 is 0 Å². The first-order valence-corrected chi connectivity index (χ1v) is 3.53. The van der Waals surface area contributed by atoms with Crippen LogP contribution in [0.4, 0.5) is 0 Å². The highest BCUT2D eigenvalue weighted by Gasteiger charge is 2.23. The Hall–Kier alpha value is -0.860. The molecule has 0 aliphatic carbocycles. The molecule has 0 saturated heterocycles. The van der Waals surface area contributed by atoms with Gasteiger partial charge in [-0.3, -0.25) is 4.79 Å². The Morgan fingerprint density at radius 2 is 1.91 bits per heavy atom. The minimum atomic E-state index is -0.799. The monoisotopic (exact) mass is 158 g/mol. The van der Waals surface area contributed by atoms with Crippen molar-refractivity contribution in [3.05, 3.63) is 0 Å². The summed E-state index contributed by atoms with van der Waals surface area (Å²) in [6, 6.07) is 0. The number of hydrogen-bond donors (Lipinski definition) is 0. The van der Waals surface area contributed by atoms with E-state index in [2.05, 4.69) is 0 Å². The molecule has 0 rings (SSSR count). The van der Waals surface area contributed by atoms with Gasteiger partial charge in [-0.2, -0.15) is 0 Å². The van der Waals surface area contributed by atoms with Crippen molar-refractivity contribution in [2.24, 2.45) is 5.41 Å². The molecule has 1 atom stereocenters. The summed E-state index contributed by atoms with van der Waals surface area (Å²) >= 11 is 0. The van der Waals surface area contributed by atoms with E-state index in [4.69, 9.17) is 4.74 Å². The van der Waals surface area contributed by atoms with Gasteiger partial charge >= 0.3 is 5.97 Å². The number of esters is 1. The van der Waals surface area contributed by atoms with Gasteiger partial charge in [0.2, 0.25) is 6.29 Å². The summed E-state index contributed by atoms with van der Waals surface area (Å²) in [4.78, 5) is 20.4. The summed E-state index contributed by atoms with van der Waals surface area (Å²) in [6.07, 6.45) is -0.0531. The number of ether oxygens (including phenoxy) is 1. The van der Waals surface area contributed by atoms with Crippen LogP contribution in [0, 0.1) is 5.41 Å². The van der Waals surface area contributed by atoms with Crippen LogP contribution in [0.3, 0.4) is 0 Å². The Kier molecular flexibility index (Phi) is 3.23. The fourth-order valence-electron chi connectivity index (χ4n) is 0.379. The van der Waals surface area contributed by atoms with E-state index in [1.54, 1.807) is 6.92 Å². The molecule has 0 N–H and O–H groups in total. The maximum absolute atomic E-state index is 10.5. The Balaban J connectivity index is 3.97. The molecule has 3 heteroatoms. The van der Waals surface area contributed by atoms with E-state index >= 15 is 0 Å². The molecule has 0 saturated carbocycles. The maximum atomic E-state index is 10.5. The van der Waals surface area contributed by atoms with Crippen LogP contribution < -0.4 is 0 Å². The fourth-order valence-corrected chi connectivity index (χ4v) is 0.379. The van der Waals surface area contributed by atoms with E-state index in [1.165, 1.54) is 0 Å². The number of carbonyl (C=O) groups is 2. The van der Waals surface area contributed by atoms with E-state index in [0.717, 1.165) is 0 Å². The molecular weight excluding hydrogens is 144 g/mol. The molecule has 0 spiro atoms. The van der Waals surface area contributed by atoms with Gasteiger partial charge in [0.15, 0.2) is 0 Å². The van der Waals surface area contributed by atoms with E-state index in [1.807, 2.05) is 20.8 Å². The van der Waals surface area contributed by atoms with Gasteiger partial charge in [-0.05, 0) is 12.3 Å². The smallest absolute Gasteiger partial charge is 0.371 e. The largest absolute Gasteiger partial charge is 0.457 e. The lowest BCUT2D eigenvalue weighted by atomic mass is 9.90.